The molecule has 0 radical (unpaired) electrons. The van der Waals surface area contributed by atoms with E-state index in [9.17, 15) is 9.59 Å². The molecule has 27 heavy (non-hydrogen) atoms. The molecule has 2 aromatic carbocycles. The van der Waals surface area contributed by atoms with E-state index in [4.69, 9.17) is 9.47 Å². The molecule has 0 atom stereocenters. The average Bonchev–Trinajstić information content (AvgIpc) is 2.65. The molecule has 6 heteroatoms. The SMILES string of the molecule is Cc1cccc(OCC(=O)NNC(=O)c2cccc(OCC(C)C)c2)c1C. The van der Waals surface area contributed by atoms with E-state index in [0.29, 0.717) is 29.6 Å². The Labute approximate surface area is 159 Å². The molecule has 0 saturated carbocycles. The molecular weight excluding hydrogens is 344 g/mol. The Morgan fingerprint density at radius 3 is 2.48 bits per heavy atom. The minimum absolute atomic E-state index is 0.192. The van der Waals surface area contributed by atoms with Crippen molar-refractivity contribution in [2.45, 2.75) is 27.7 Å². The summed E-state index contributed by atoms with van der Waals surface area (Å²) in [5, 5.41) is 0. The van der Waals surface area contributed by atoms with Crippen molar-refractivity contribution < 1.29 is 19.1 Å². The first kappa shape index (κ1) is 20.3. The number of nitrogens with one attached hydrogen (secondary N) is 2. The lowest BCUT2D eigenvalue weighted by molar-refractivity contribution is -0.123. The first-order valence-corrected chi connectivity index (χ1v) is 8.88. The number of hydrogen-bond donors (Lipinski definition) is 2. The smallest absolute Gasteiger partial charge is 0.276 e. The zero-order chi connectivity index (χ0) is 19.8. The van der Waals surface area contributed by atoms with Crippen LogP contribution in [0.4, 0.5) is 0 Å². The highest BCUT2D eigenvalue weighted by Crippen LogP contribution is 2.20. The first-order valence-electron chi connectivity index (χ1n) is 8.88. The Morgan fingerprint density at radius 1 is 1.00 bits per heavy atom. The van der Waals surface area contributed by atoms with Crippen molar-refractivity contribution in [1.29, 1.82) is 0 Å². The molecule has 0 unspecified atom stereocenters. The van der Waals surface area contributed by atoms with Gasteiger partial charge in [0.05, 0.1) is 6.61 Å². The molecule has 2 amide bonds. The van der Waals surface area contributed by atoms with E-state index in [2.05, 4.69) is 10.9 Å². The van der Waals surface area contributed by atoms with Crippen molar-refractivity contribution in [2.75, 3.05) is 13.2 Å². The van der Waals surface area contributed by atoms with Crippen molar-refractivity contribution in [3.63, 3.8) is 0 Å². The number of carbonyl (C=O) groups excluding carboxylic acids is 2. The van der Waals surface area contributed by atoms with E-state index in [1.807, 2.05) is 39.8 Å². The molecule has 0 heterocycles. The number of ether oxygens (including phenoxy) is 2. The van der Waals surface area contributed by atoms with Crippen molar-refractivity contribution >= 4 is 11.8 Å². The average molecular weight is 370 g/mol. The fraction of sp³-hybridized carbons (Fsp3) is 0.333. The number of rotatable bonds is 7. The quantitative estimate of drug-likeness (QED) is 0.734. The fourth-order valence-electron chi connectivity index (χ4n) is 2.25. The minimum Gasteiger partial charge on any atom is -0.493 e. The van der Waals surface area contributed by atoms with Gasteiger partial charge < -0.3 is 9.47 Å². The van der Waals surface area contributed by atoms with Crippen LogP contribution in [0.3, 0.4) is 0 Å². The molecule has 2 rings (SSSR count). The van der Waals surface area contributed by atoms with E-state index < -0.39 is 11.8 Å². The van der Waals surface area contributed by atoms with Gasteiger partial charge in [0.2, 0.25) is 0 Å². The predicted octanol–water partition coefficient (Wildman–Crippen LogP) is 3.18. The van der Waals surface area contributed by atoms with Crippen molar-refractivity contribution in [3.8, 4) is 11.5 Å². The number of hydrogen-bond acceptors (Lipinski definition) is 4. The molecule has 0 aliphatic heterocycles. The summed E-state index contributed by atoms with van der Waals surface area (Å²) in [6.45, 7) is 8.37. The first-order chi connectivity index (χ1) is 12.9. The second-order valence-corrected chi connectivity index (χ2v) is 6.72. The molecule has 0 aliphatic rings. The molecule has 0 bridgehead atoms. The van der Waals surface area contributed by atoms with Crippen LogP contribution in [0.25, 0.3) is 0 Å². The number of amides is 2. The molecule has 0 fully saturated rings. The summed E-state index contributed by atoms with van der Waals surface area (Å²) in [6, 6.07) is 12.4. The molecule has 0 aromatic heterocycles. The molecule has 0 spiro atoms. The van der Waals surface area contributed by atoms with Crippen molar-refractivity contribution in [2.24, 2.45) is 5.92 Å². The topological polar surface area (TPSA) is 76.7 Å². The number of carbonyl (C=O) groups is 2. The monoisotopic (exact) mass is 370 g/mol. The van der Waals surface area contributed by atoms with Gasteiger partial charge in [-0.2, -0.15) is 0 Å². The third-order valence-corrected chi connectivity index (χ3v) is 3.91. The van der Waals surface area contributed by atoms with Crippen molar-refractivity contribution in [3.05, 3.63) is 59.2 Å². The van der Waals surface area contributed by atoms with Gasteiger partial charge in [-0.1, -0.05) is 32.0 Å². The second kappa shape index (κ2) is 9.62. The van der Waals surface area contributed by atoms with E-state index >= 15 is 0 Å². The molecule has 6 nitrogen and oxygen atoms in total. The molecule has 0 saturated heterocycles. The van der Waals surface area contributed by atoms with Crippen LogP contribution >= 0.6 is 0 Å². The number of aryl methyl sites for hydroxylation is 1. The van der Waals surface area contributed by atoms with E-state index in [0.717, 1.165) is 11.1 Å². The lowest BCUT2D eigenvalue weighted by Gasteiger charge is -2.12. The second-order valence-electron chi connectivity index (χ2n) is 6.72. The number of hydrazine groups is 1. The maximum absolute atomic E-state index is 12.2. The van der Waals surface area contributed by atoms with Gasteiger partial charge in [-0.05, 0) is 55.2 Å². The molecule has 2 N–H and O–H groups in total. The Balaban J connectivity index is 1.83. The van der Waals surface area contributed by atoms with Crippen LogP contribution in [-0.2, 0) is 4.79 Å². The van der Waals surface area contributed by atoms with E-state index in [-0.39, 0.29) is 6.61 Å². The van der Waals surface area contributed by atoms with Crippen LogP contribution in [0.1, 0.15) is 35.3 Å². The molecule has 2 aromatic rings. The van der Waals surface area contributed by atoms with Gasteiger partial charge in [-0.15, -0.1) is 0 Å². The molecule has 144 valence electrons. The third kappa shape index (κ3) is 6.33. The third-order valence-electron chi connectivity index (χ3n) is 3.91. The van der Waals surface area contributed by atoms with Crippen LogP contribution < -0.4 is 20.3 Å². The summed E-state index contributed by atoms with van der Waals surface area (Å²) >= 11 is 0. The van der Waals surface area contributed by atoms with Crippen LogP contribution in [0.15, 0.2) is 42.5 Å². The zero-order valence-electron chi connectivity index (χ0n) is 16.2. The summed E-state index contributed by atoms with van der Waals surface area (Å²) in [6.07, 6.45) is 0. The van der Waals surface area contributed by atoms with Gasteiger partial charge in [-0.3, -0.25) is 20.4 Å². The lowest BCUT2D eigenvalue weighted by atomic mass is 10.1. The summed E-state index contributed by atoms with van der Waals surface area (Å²) in [5.74, 6) is 0.771. The zero-order valence-corrected chi connectivity index (χ0v) is 16.2. The predicted molar refractivity (Wildman–Crippen MR) is 104 cm³/mol. The van der Waals surface area contributed by atoms with Gasteiger partial charge in [0, 0.05) is 5.56 Å². The summed E-state index contributed by atoms with van der Waals surface area (Å²) in [7, 11) is 0. The Bertz CT molecular complexity index is 803. The van der Waals surface area contributed by atoms with Crippen molar-refractivity contribution in [1.82, 2.24) is 10.9 Å². The summed E-state index contributed by atoms with van der Waals surface area (Å²) in [4.78, 5) is 24.1. The molecule has 0 aliphatic carbocycles. The van der Waals surface area contributed by atoms with Gasteiger partial charge in [0.15, 0.2) is 6.61 Å². The highest BCUT2D eigenvalue weighted by atomic mass is 16.5. The van der Waals surface area contributed by atoms with Gasteiger partial charge in [0.1, 0.15) is 11.5 Å². The van der Waals surface area contributed by atoms with Crippen LogP contribution in [0.2, 0.25) is 0 Å². The summed E-state index contributed by atoms with van der Waals surface area (Å²) in [5.41, 5.74) is 7.19. The highest BCUT2D eigenvalue weighted by molar-refractivity contribution is 5.95. The van der Waals surface area contributed by atoms with Crippen LogP contribution in [-0.4, -0.2) is 25.0 Å². The lowest BCUT2D eigenvalue weighted by Crippen LogP contribution is -2.43. The van der Waals surface area contributed by atoms with Crippen LogP contribution in [0, 0.1) is 19.8 Å². The minimum atomic E-state index is -0.448. The fourth-order valence-corrected chi connectivity index (χ4v) is 2.25. The normalized spacial score (nSPS) is 10.4. The maximum Gasteiger partial charge on any atom is 0.276 e. The Hall–Kier alpha value is -3.02. The van der Waals surface area contributed by atoms with Crippen LogP contribution in [0.5, 0.6) is 11.5 Å². The van der Waals surface area contributed by atoms with E-state index in [1.165, 1.54) is 0 Å². The summed E-state index contributed by atoms with van der Waals surface area (Å²) < 4.78 is 11.1. The Morgan fingerprint density at radius 2 is 1.74 bits per heavy atom. The Kier molecular flexibility index (Phi) is 7.23. The van der Waals surface area contributed by atoms with Gasteiger partial charge >= 0.3 is 0 Å². The van der Waals surface area contributed by atoms with Gasteiger partial charge in [0.25, 0.3) is 11.8 Å². The molecular formula is C21H26N2O4. The van der Waals surface area contributed by atoms with Gasteiger partial charge in [-0.25, -0.2) is 0 Å². The largest absolute Gasteiger partial charge is 0.493 e. The highest BCUT2D eigenvalue weighted by Gasteiger charge is 2.10. The number of benzene rings is 2. The standard InChI is InChI=1S/C21H26N2O4/c1-14(2)12-26-18-9-6-8-17(11-18)21(25)23-22-20(24)13-27-19-10-5-7-15(3)16(19)4/h5-11,14H,12-13H2,1-4H3,(H,22,24)(H,23,25). The van der Waals surface area contributed by atoms with E-state index in [1.54, 1.807) is 30.3 Å². The maximum atomic E-state index is 12.2.